The van der Waals surface area contributed by atoms with E-state index in [2.05, 4.69) is 12.2 Å². The molecule has 1 aliphatic heterocycles. The lowest BCUT2D eigenvalue weighted by molar-refractivity contribution is -0.385. The molecule has 19 heavy (non-hydrogen) atoms. The van der Waals surface area contributed by atoms with Crippen LogP contribution in [-0.4, -0.2) is 22.0 Å². The highest BCUT2D eigenvalue weighted by Gasteiger charge is 2.23. The first-order chi connectivity index (χ1) is 8.99. The number of nitrogens with zero attached hydrogens (tertiary/aromatic N) is 1. The topological polar surface area (TPSA) is 55.2 Å². The predicted octanol–water partition coefficient (Wildman–Crippen LogP) is 3.91. The summed E-state index contributed by atoms with van der Waals surface area (Å²) >= 11 is 1.99. The Morgan fingerprint density at radius 3 is 2.74 bits per heavy atom. The zero-order valence-electron chi connectivity index (χ0n) is 11.6. The maximum atomic E-state index is 10.9. The van der Waals surface area contributed by atoms with Crippen LogP contribution in [0.25, 0.3) is 0 Å². The summed E-state index contributed by atoms with van der Waals surface area (Å²) < 4.78 is 0. The fourth-order valence-electron chi connectivity index (χ4n) is 2.47. The molecule has 1 N–H and O–H groups in total. The molecule has 0 amide bonds. The first-order valence-electron chi connectivity index (χ1n) is 6.63. The van der Waals surface area contributed by atoms with Gasteiger partial charge in [0.25, 0.3) is 5.69 Å². The molecule has 0 saturated carbocycles. The van der Waals surface area contributed by atoms with Crippen LogP contribution in [0, 0.1) is 24.0 Å². The van der Waals surface area contributed by atoms with Crippen molar-refractivity contribution in [2.75, 3.05) is 11.1 Å². The van der Waals surface area contributed by atoms with E-state index in [0.29, 0.717) is 16.9 Å². The molecule has 0 radical (unpaired) electrons. The summed E-state index contributed by atoms with van der Waals surface area (Å²) in [5.41, 5.74) is 2.89. The highest BCUT2D eigenvalue weighted by molar-refractivity contribution is 8.00. The van der Waals surface area contributed by atoms with Crippen molar-refractivity contribution < 1.29 is 4.92 Å². The number of hydrogen-bond acceptors (Lipinski definition) is 4. The van der Waals surface area contributed by atoms with Crippen LogP contribution in [0.1, 0.15) is 30.9 Å². The van der Waals surface area contributed by atoms with Crippen molar-refractivity contribution in [1.82, 2.24) is 0 Å². The van der Waals surface area contributed by atoms with E-state index in [1.54, 1.807) is 13.0 Å². The van der Waals surface area contributed by atoms with Crippen molar-refractivity contribution in [2.45, 2.75) is 44.9 Å². The number of rotatable bonds is 3. The second kappa shape index (κ2) is 5.82. The Morgan fingerprint density at radius 2 is 2.11 bits per heavy atom. The number of anilines is 1. The van der Waals surface area contributed by atoms with E-state index in [0.717, 1.165) is 11.3 Å². The normalized spacial score (nSPS) is 23.1. The van der Waals surface area contributed by atoms with E-state index in [9.17, 15) is 10.1 Å². The van der Waals surface area contributed by atoms with E-state index >= 15 is 0 Å². The van der Waals surface area contributed by atoms with Crippen molar-refractivity contribution in [2.24, 2.45) is 0 Å². The smallest absolute Gasteiger partial charge is 0.272 e. The van der Waals surface area contributed by atoms with Crippen molar-refractivity contribution in [3.63, 3.8) is 0 Å². The Bertz CT molecular complexity index is 491. The number of thioether (sulfide) groups is 1. The van der Waals surface area contributed by atoms with Crippen LogP contribution < -0.4 is 5.32 Å². The van der Waals surface area contributed by atoms with E-state index in [4.69, 9.17) is 0 Å². The summed E-state index contributed by atoms with van der Waals surface area (Å²) in [5.74, 6) is 1.23. The molecule has 2 rings (SSSR count). The number of nitro benzene ring substituents is 1. The quantitative estimate of drug-likeness (QED) is 0.673. The highest BCUT2D eigenvalue weighted by Crippen LogP contribution is 2.31. The van der Waals surface area contributed by atoms with Crippen molar-refractivity contribution >= 4 is 23.1 Å². The molecule has 5 heteroatoms. The molecular weight excluding hydrogens is 260 g/mol. The lowest BCUT2D eigenvalue weighted by Crippen LogP contribution is -2.33. The number of benzene rings is 1. The average Bonchev–Trinajstić information content (AvgIpc) is 2.35. The standard InChI is InChI=1S/C14H20N2O2S/c1-9-8-14(16(17)18)10(2)7-13(9)15-12-5-4-6-19-11(12)3/h7-8,11-12,15H,4-6H2,1-3H3. The van der Waals surface area contributed by atoms with Gasteiger partial charge in [0.15, 0.2) is 0 Å². The van der Waals surface area contributed by atoms with Gasteiger partial charge in [-0.2, -0.15) is 11.8 Å². The van der Waals surface area contributed by atoms with Gasteiger partial charge in [-0.15, -0.1) is 0 Å². The minimum atomic E-state index is -0.314. The van der Waals surface area contributed by atoms with Crippen LogP contribution in [0.4, 0.5) is 11.4 Å². The molecule has 1 saturated heterocycles. The Kier molecular flexibility index (Phi) is 4.34. The molecule has 2 unspecified atom stereocenters. The van der Waals surface area contributed by atoms with Gasteiger partial charge >= 0.3 is 0 Å². The molecule has 0 aromatic heterocycles. The molecule has 0 bridgehead atoms. The van der Waals surface area contributed by atoms with Crippen LogP contribution in [0.15, 0.2) is 12.1 Å². The lowest BCUT2D eigenvalue weighted by atomic mass is 10.0. The second-order valence-corrected chi connectivity index (χ2v) is 6.66. The third-order valence-corrected chi connectivity index (χ3v) is 5.07. The Morgan fingerprint density at radius 1 is 1.37 bits per heavy atom. The first-order valence-corrected chi connectivity index (χ1v) is 7.67. The molecule has 4 nitrogen and oxygen atoms in total. The lowest BCUT2D eigenvalue weighted by Gasteiger charge is -2.30. The van der Waals surface area contributed by atoms with Gasteiger partial charge in [-0.3, -0.25) is 10.1 Å². The van der Waals surface area contributed by atoms with Crippen LogP contribution in [0.3, 0.4) is 0 Å². The fourth-order valence-corrected chi connectivity index (χ4v) is 3.61. The van der Waals surface area contributed by atoms with E-state index in [1.807, 2.05) is 24.8 Å². The predicted molar refractivity (Wildman–Crippen MR) is 81.1 cm³/mol. The maximum Gasteiger partial charge on any atom is 0.272 e. The third kappa shape index (κ3) is 3.21. The van der Waals surface area contributed by atoms with Gasteiger partial charge in [-0.1, -0.05) is 6.92 Å². The molecular formula is C14H20N2O2S. The van der Waals surface area contributed by atoms with Gasteiger partial charge in [0.2, 0.25) is 0 Å². The summed E-state index contributed by atoms with van der Waals surface area (Å²) in [7, 11) is 0. The van der Waals surface area contributed by atoms with Crippen LogP contribution >= 0.6 is 11.8 Å². The number of hydrogen-bond donors (Lipinski definition) is 1. The Hall–Kier alpha value is -1.23. The van der Waals surface area contributed by atoms with Crippen LogP contribution in [0.2, 0.25) is 0 Å². The van der Waals surface area contributed by atoms with Gasteiger partial charge in [0, 0.05) is 28.6 Å². The van der Waals surface area contributed by atoms with Gasteiger partial charge in [0.05, 0.1) is 4.92 Å². The molecule has 0 aliphatic carbocycles. The van der Waals surface area contributed by atoms with Crippen LogP contribution in [0.5, 0.6) is 0 Å². The first kappa shape index (κ1) is 14.2. The Labute approximate surface area is 118 Å². The number of aryl methyl sites for hydroxylation is 2. The molecule has 2 atom stereocenters. The molecule has 0 spiro atoms. The van der Waals surface area contributed by atoms with E-state index in [1.165, 1.54) is 18.6 Å². The zero-order valence-corrected chi connectivity index (χ0v) is 12.4. The van der Waals surface area contributed by atoms with Crippen LogP contribution in [-0.2, 0) is 0 Å². The van der Waals surface area contributed by atoms with Crippen molar-refractivity contribution in [1.29, 1.82) is 0 Å². The SMILES string of the molecule is Cc1cc([N+](=O)[O-])c(C)cc1NC1CCCSC1C. The molecule has 1 fully saturated rings. The van der Waals surface area contributed by atoms with Gasteiger partial charge in [0.1, 0.15) is 0 Å². The van der Waals surface area contributed by atoms with Gasteiger partial charge in [-0.25, -0.2) is 0 Å². The monoisotopic (exact) mass is 280 g/mol. The number of nitrogens with one attached hydrogen (secondary N) is 1. The fraction of sp³-hybridized carbons (Fsp3) is 0.571. The van der Waals surface area contributed by atoms with Gasteiger partial charge < -0.3 is 5.32 Å². The van der Waals surface area contributed by atoms with Gasteiger partial charge in [-0.05, 0) is 44.1 Å². The molecule has 1 heterocycles. The van der Waals surface area contributed by atoms with E-state index in [-0.39, 0.29) is 10.6 Å². The minimum Gasteiger partial charge on any atom is -0.381 e. The zero-order chi connectivity index (χ0) is 14.0. The summed E-state index contributed by atoms with van der Waals surface area (Å²) in [5, 5.41) is 15.1. The van der Waals surface area contributed by atoms with Crippen molar-refractivity contribution in [3.8, 4) is 0 Å². The number of nitro groups is 1. The highest BCUT2D eigenvalue weighted by atomic mass is 32.2. The maximum absolute atomic E-state index is 10.9. The van der Waals surface area contributed by atoms with Crippen molar-refractivity contribution in [3.05, 3.63) is 33.4 Å². The van der Waals surface area contributed by atoms with E-state index < -0.39 is 0 Å². The molecule has 1 aliphatic rings. The largest absolute Gasteiger partial charge is 0.381 e. The molecule has 1 aromatic rings. The molecule has 104 valence electrons. The Balaban J connectivity index is 2.21. The molecule has 1 aromatic carbocycles. The average molecular weight is 280 g/mol. The summed E-state index contributed by atoms with van der Waals surface area (Å²) in [4.78, 5) is 10.6. The summed E-state index contributed by atoms with van der Waals surface area (Å²) in [6, 6.07) is 4.02. The third-order valence-electron chi connectivity index (χ3n) is 3.69. The second-order valence-electron chi connectivity index (χ2n) is 5.18. The summed E-state index contributed by atoms with van der Waals surface area (Å²) in [6.07, 6.45) is 2.40. The summed E-state index contributed by atoms with van der Waals surface area (Å²) in [6.45, 7) is 5.96. The minimum absolute atomic E-state index is 0.203.